The van der Waals surface area contributed by atoms with E-state index in [9.17, 15) is 0 Å². The van der Waals surface area contributed by atoms with Crippen molar-refractivity contribution in [2.24, 2.45) is 17.8 Å². The zero-order valence-corrected chi connectivity index (χ0v) is 7.56. The molecule has 0 aromatic heterocycles. The van der Waals surface area contributed by atoms with Gasteiger partial charge < -0.3 is 0 Å². The Hall–Kier alpha value is 0.355. The maximum atomic E-state index is 6.37. The molecule has 3 saturated heterocycles. The first kappa shape index (κ1) is 6.83. The molecule has 0 spiro atoms. The van der Waals surface area contributed by atoms with Crippen molar-refractivity contribution in [1.29, 1.82) is 0 Å². The molecule has 4 fully saturated rings. The van der Waals surface area contributed by atoms with E-state index in [1.165, 1.54) is 31.8 Å². The van der Waals surface area contributed by atoms with Gasteiger partial charge in [0.2, 0.25) is 0 Å². The topological polar surface area (TPSA) is 0 Å². The molecule has 2 unspecified atom stereocenters. The van der Waals surface area contributed by atoms with Crippen LogP contribution in [0.4, 0.5) is 0 Å². The van der Waals surface area contributed by atoms with Crippen LogP contribution in [0.5, 0.6) is 0 Å². The molecule has 0 nitrogen and oxygen atoms in total. The van der Waals surface area contributed by atoms with Crippen LogP contribution >= 0.6 is 11.6 Å². The lowest BCUT2D eigenvalue weighted by Crippen LogP contribution is -2.48. The Bertz CT molecular complexity index is 152. The third kappa shape index (κ3) is 0.899. The molecule has 0 radical (unpaired) electrons. The molecule has 2 heteroatoms. The zero-order chi connectivity index (χ0) is 7.42. The number of rotatable bonds is 0. The first-order valence-electron chi connectivity index (χ1n) is 4.97. The van der Waals surface area contributed by atoms with Crippen LogP contribution in [0, 0.1) is 17.8 Å². The van der Waals surface area contributed by atoms with Crippen LogP contribution in [0.2, 0.25) is 19.0 Å². The van der Waals surface area contributed by atoms with E-state index < -0.39 is 0 Å². The quantitative estimate of drug-likeness (QED) is 0.385. The minimum atomic E-state index is 0.558. The summed E-state index contributed by atoms with van der Waals surface area (Å²) in [5.41, 5.74) is 0. The number of alkyl halides is 1. The van der Waals surface area contributed by atoms with Gasteiger partial charge in [0.25, 0.3) is 0 Å². The van der Waals surface area contributed by atoms with Crippen molar-refractivity contribution in [2.75, 3.05) is 0 Å². The van der Waals surface area contributed by atoms with Crippen molar-refractivity contribution in [1.82, 2.24) is 0 Å². The highest BCUT2D eigenvalue weighted by Crippen LogP contribution is 2.53. The molecule has 4 bridgehead atoms. The number of hydrogen-bond donors (Lipinski definition) is 0. The van der Waals surface area contributed by atoms with Gasteiger partial charge in [0.05, 0.1) is 0 Å². The van der Waals surface area contributed by atoms with Crippen LogP contribution in [0.3, 0.4) is 0 Å². The molecular weight excluding hydrogens is 154 g/mol. The van der Waals surface area contributed by atoms with Gasteiger partial charge in [-0.1, -0.05) is 19.0 Å². The summed E-state index contributed by atoms with van der Waals surface area (Å²) < 4.78 is 0. The van der Waals surface area contributed by atoms with E-state index in [0.717, 1.165) is 24.5 Å². The second kappa shape index (κ2) is 2.19. The van der Waals surface area contributed by atoms with Crippen LogP contribution in [0.1, 0.15) is 12.8 Å². The number of hydrogen-bond acceptors (Lipinski definition) is 0. The van der Waals surface area contributed by atoms with Crippen molar-refractivity contribution in [3.05, 3.63) is 0 Å². The minimum absolute atomic E-state index is 0.558. The van der Waals surface area contributed by atoms with Crippen molar-refractivity contribution in [3.8, 4) is 0 Å². The Morgan fingerprint density at radius 2 is 1.64 bits per heavy atom. The largest absolute Gasteiger partial charge is 0.140 e. The smallest absolute Gasteiger partial charge is 0.122 e. The van der Waals surface area contributed by atoms with Gasteiger partial charge in [-0.2, -0.15) is 0 Å². The summed E-state index contributed by atoms with van der Waals surface area (Å²) in [5, 5.41) is 0.558. The molecule has 4 rings (SSSR count). The van der Waals surface area contributed by atoms with Crippen LogP contribution in [0.25, 0.3) is 0 Å². The second-order valence-electron chi connectivity index (χ2n) is 4.88. The van der Waals surface area contributed by atoms with Gasteiger partial charge >= 0.3 is 0 Å². The van der Waals surface area contributed by atoms with Gasteiger partial charge in [-0.15, -0.1) is 11.6 Å². The molecule has 0 aromatic rings. The van der Waals surface area contributed by atoms with Crippen LogP contribution in [-0.4, -0.2) is 12.1 Å². The summed E-state index contributed by atoms with van der Waals surface area (Å²) in [6.07, 6.45) is 7.38. The Labute approximate surface area is 73.8 Å². The Morgan fingerprint density at radius 1 is 1.00 bits per heavy atom. The lowest BCUT2D eigenvalue weighted by Gasteiger charge is -2.51. The zero-order valence-electron chi connectivity index (χ0n) is 6.80. The summed E-state index contributed by atoms with van der Waals surface area (Å²) in [5.74, 6) is 2.90. The van der Waals surface area contributed by atoms with E-state index in [1.807, 2.05) is 0 Å². The third-order valence-electron chi connectivity index (χ3n) is 4.11. The molecule has 1 saturated carbocycles. The molecule has 0 N–H and O–H groups in total. The highest BCUT2D eigenvalue weighted by molar-refractivity contribution is 6.60. The first-order valence-corrected chi connectivity index (χ1v) is 5.40. The summed E-state index contributed by atoms with van der Waals surface area (Å²) in [4.78, 5) is 0. The van der Waals surface area contributed by atoms with Crippen molar-refractivity contribution >= 4 is 18.3 Å². The van der Waals surface area contributed by atoms with E-state index in [1.54, 1.807) is 0 Å². The molecule has 0 aromatic carbocycles. The summed E-state index contributed by atoms with van der Waals surface area (Å²) in [6, 6.07) is 0. The van der Waals surface area contributed by atoms with E-state index in [0.29, 0.717) is 5.38 Å². The van der Waals surface area contributed by atoms with Gasteiger partial charge in [0.1, 0.15) is 6.71 Å². The SMILES string of the molecule is ClC1[C@@H]2CB3CC(C2)C[C@@H]1C3. The fourth-order valence-electron chi connectivity index (χ4n) is 3.86. The van der Waals surface area contributed by atoms with Gasteiger partial charge in [-0.25, -0.2) is 0 Å². The Kier molecular flexibility index (Phi) is 1.36. The molecule has 3 aliphatic heterocycles. The van der Waals surface area contributed by atoms with Gasteiger partial charge in [0.15, 0.2) is 0 Å². The second-order valence-corrected chi connectivity index (χ2v) is 5.38. The molecule has 11 heavy (non-hydrogen) atoms. The molecular formula is C9H14BCl. The molecule has 4 aliphatic rings. The van der Waals surface area contributed by atoms with E-state index in [2.05, 4.69) is 0 Å². The summed E-state index contributed by atoms with van der Waals surface area (Å²) in [6.45, 7) is 1.08. The summed E-state index contributed by atoms with van der Waals surface area (Å²) >= 11 is 6.37. The fraction of sp³-hybridized carbons (Fsp3) is 1.00. The van der Waals surface area contributed by atoms with Crippen molar-refractivity contribution in [2.45, 2.75) is 37.2 Å². The average Bonchev–Trinajstić information content (AvgIpc) is 1.98. The molecule has 0 amide bonds. The van der Waals surface area contributed by atoms with Crippen LogP contribution < -0.4 is 0 Å². The lowest BCUT2D eigenvalue weighted by atomic mass is 9.27. The van der Waals surface area contributed by atoms with Gasteiger partial charge in [0, 0.05) is 5.38 Å². The first-order chi connectivity index (χ1) is 5.33. The Morgan fingerprint density at radius 3 is 2.18 bits per heavy atom. The van der Waals surface area contributed by atoms with E-state index in [4.69, 9.17) is 11.6 Å². The van der Waals surface area contributed by atoms with Crippen molar-refractivity contribution < 1.29 is 0 Å². The monoisotopic (exact) mass is 168 g/mol. The van der Waals surface area contributed by atoms with E-state index >= 15 is 0 Å². The number of halogens is 1. The lowest BCUT2D eigenvalue weighted by molar-refractivity contribution is 0.200. The minimum Gasteiger partial charge on any atom is -0.122 e. The molecule has 4 atom stereocenters. The molecule has 1 aliphatic carbocycles. The maximum absolute atomic E-state index is 6.37. The molecule has 60 valence electrons. The predicted octanol–water partition coefficient (Wildman–Crippen LogP) is 2.76. The molecule has 3 heterocycles. The normalized spacial score (nSPS) is 53.7. The Balaban J connectivity index is 1.91. The summed E-state index contributed by atoms with van der Waals surface area (Å²) in [7, 11) is 0. The maximum Gasteiger partial charge on any atom is 0.140 e. The van der Waals surface area contributed by atoms with Crippen LogP contribution in [-0.2, 0) is 0 Å². The highest BCUT2D eigenvalue weighted by atomic mass is 35.5. The van der Waals surface area contributed by atoms with Crippen LogP contribution in [0.15, 0.2) is 0 Å². The third-order valence-corrected chi connectivity index (χ3v) is 4.82. The van der Waals surface area contributed by atoms with E-state index in [-0.39, 0.29) is 0 Å². The predicted molar refractivity (Wildman–Crippen MR) is 49.5 cm³/mol. The van der Waals surface area contributed by atoms with Gasteiger partial charge in [-0.3, -0.25) is 0 Å². The highest BCUT2D eigenvalue weighted by Gasteiger charge is 2.48. The fourth-order valence-corrected chi connectivity index (χ4v) is 4.27. The van der Waals surface area contributed by atoms with Crippen molar-refractivity contribution in [3.63, 3.8) is 0 Å². The average molecular weight is 168 g/mol. The van der Waals surface area contributed by atoms with Gasteiger partial charge in [-0.05, 0) is 30.6 Å². The standard InChI is InChI=1S/C9H14BCl/c11-9-7-1-6-2-8(9)5-10(3-6)4-7/h6-9H,1-5H2/t6?,7-,8+,9?.